The van der Waals surface area contributed by atoms with Crippen LogP contribution in [0.25, 0.3) is 0 Å². The molecule has 2 N–H and O–H groups in total. The zero-order valence-electron chi connectivity index (χ0n) is 10.9. The van der Waals surface area contributed by atoms with E-state index in [0.717, 1.165) is 18.2 Å². The molecule has 0 aromatic heterocycles. The van der Waals surface area contributed by atoms with Gasteiger partial charge in [-0.25, -0.2) is 0 Å². The molecule has 4 nitrogen and oxygen atoms in total. The number of anilines is 1. The van der Waals surface area contributed by atoms with E-state index in [1.807, 2.05) is 30.3 Å². The van der Waals surface area contributed by atoms with Crippen molar-refractivity contribution in [1.29, 1.82) is 0 Å². The predicted octanol–water partition coefficient (Wildman–Crippen LogP) is 2.06. The highest BCUT2D eigenvalue weighted by Crippen LogP contribution is 2.28. The molecule has 0 atom stereocenters. The highest BCUT2D eigenvalue weighted by Gasteiger charge is 2.20. The van der Waals surface area contributed by atoms with E-state index in [1.165, 1.54) is 12.8 Å². The summed E-state index contributed by atoms with van der Waals surface area (Å²) in [4.78, 5) is 11.5. The Labute approximate surface area is 120 Å². The number of hydrogen-bond acceptors (Lipinski definition) is 3. The van der Waals surface area contributed by atoms with Crippen LogP contribution in [0, 0.1) is 5.92 Å². The zero-order valence-corrected chi connectivity index (χ0v) is 11.7. The fraction of sp³-hybridized carbons (Fsp3) is 0.500. The molecule has 5 heteroatoms. The summed E-state index contributed by atoms with van der Waals surface area (Å²) in [5, 5.41) is 5.88. The Morgan fingerprint density at radius 3 is 2.68 bits per heavy atom. The smallest absolute Gasteiger partial charge is 0.239 e. The Hall–Kier alpha value is -1.26. The number of amides is 1. The summed E-state index contributed by atoms with van der Waals surface area (Å²) in [6.07, 6.45) is 2.60. The summed E-state index contributed by atoms with van der Waals surface area (Å²) in [7, 11) is 0. The van der Waals surface area contributed by atoms with Gasteiger partial charge in [-0.1, -0.05) is 18.2 Å². The molecule has 1 aliphatic carbocycles. The van der Waals surface area contributed by atoms with Gasteiger partial charge in [-0.3, -0.25) is 4.79 Å². The summed E-state index contributed by atoms with van der Waals surface area (Å²) in [5.74, 6) is 0.773. The van der Waals surface area contributed by atoms with E-state index in [0.29, 0.717) is 19.7 Å². The molecule has 0 unspecified atom stereocenters. The SMILES string of the molecule is Cl.O=C(CNc1ccccc1)NCCOCC1CC1. The largest absolute Gasteiger partial charge is 0.379 e. The number of hydrogen-bond donors (Lipinski definition) is 2. The molecule has 106 valence electrons. The molecule has 2 rings (SSSR count). The summed E-state index contributed by atoms with van der Waals surface area (Å²) >= 11 is 0. The van der Waals surface area contributed by atoms with Crippen molar-refractivity contribution in [1.82, 2.24) is 5.32 Å². The van der Waals surface area contributed by atoms with Crippen LogP contribution in [0.1, 0.15) is 12.8 Å². The molecule has 0 radical (unpaired) electrons. The van der Waals surface area contributed by atoms with Gasteiger partial charge in [-0.2, -0.15) is 0 Å². The van der Waals surface area contributed by atoms with Gasteiger partial charge in [-0.15, -0.1) is 12.4 Å². The number of carbonyl (C=O) groups excluding carboxylic acids is 1. The first-order valence-electron chi connectivity index (χ1n) is 6.48. The van der Waals surface area contributed by atoms with E-state index in [-0.39, 0.29) is 18.3 Å². The van der Waals surface area contributed by atoms with Gasteiger partial charge in [0.15, 0.2) is 0 Å². The third-order valence-corrected chi connectivity index (χ3v) is 2.85. The molecule has 1 amide bonds. The molecule has 0 heterocycles. The molecule has 1 aromatic rings. The lowest BCUT2D eigenvalue weighted by Gasteiger charge is -2.08. The number of benzene rings is 1. The number of rotatable bonds is 8. The summed E-state index contributed by atoms with van der Waals surface area (Å²) < 4.78 is 5.44. The fourth-order valence-corrected chi connectivity index (χ4v) is 1.60. The van der Waals surface area contributed by atoms with E-state index in [2.05, 4.69) is 10.6 Å². The van der Waals surface area contributed by atoms with Gasteiger partial charge in [0.05, 0.1) is 13.2 Å². The molecule has 19 heavy (non-hydrogen) atoms. The van der Waals surface area contributed by atoms with Gasteiger partial charge in [0.2, 0.25) is 5.91 Å². The minimum atomic E-state index is -0.00567. The van der Waals surface area contributed by atoms with Crippen LogP contribution in [0.15, 0.2) is 30.3 Å². The number of carbonyl (C=O) groups is 1. The van der Waals surface area contributed by atoms with Crippen molar-refractivity contribution in [3.63, 3.8) is 0 Å². The second-order valence-corrected chi connectivity index (χ2v) is 4.59. The van der Waals surface area contributed by atoms with Gasteiger partial charge in [-0.05, 0) is 30.9 Å². The minimum absolute atomic E-state index is 0. The highest BCUT2D eigenvalue weighted by molar-refractivity contribution is 5.85. The van der Waals surface area contributed by atoms with E-state index >= 15 is 0 Å². The van der Waals surface area contributed by atoms with Crippen LogP contribution < -0.4 is 10.6 Å². The van der Waals surface area contributed by atoms with Crippen LogP contribution in [0.2, 0.25) is 0 Å². The lowest BCUT2D eigenvalue weighted by molar-refractivity contribution is -0.119. The highest BCUT2D eigenvalue weighted by atomic mass is 35.5. The normalized spacial score (nSPS) is 13.5. The topological polar surface area (TPSA) is 50.4 Å². The maximum Gasteiger partial charge on any atom is 0.239 e. The maximum atomic E-state index is 11.5. The van der Waals surface area contributed by atoms with Crippen LogP contribution in [0.5, 0.6) is 0 Å². The molecule has 1 aliphatic rings. The first-order valence-corrected chi connectivity index (χ1v) is 6.48. The summed E-state index contributed by atoms with van der Waals surface area (Å²) in [5.41, 5.74) is 0.956. The van der Waals surface area contributed by atoms with Gasteiger partial charge in [0.1, 0.15) is 0 Å². The minimum Gasteiger partial charge on any atom is -0.379 e. The van der Waals surface area contributed by atoms with Crippen LogP contribution in [-0.2, 0) is 9.53 Å². The average Bonchev–Trinajstić information content (AvgIpc) is 3.21. The van der Waals surface area contributed by atoms with Gasteiger partial charge in [0.25, 0.3) is 0 Å². The number of halogens is 1. The van der Waals surface area contributed by atoms with Gasteiger partial charge >= 0.3 is 0 Å². The van der Waals surface area contributed by atoms with Crippen molar-refractivity contribution in [2.75, 3.05) is 31.6 Å². The van der Waals surface area contributed by atoms with Crippen LogP contribution in [-0.4, -0.2) is 32.2 Å². The molecule has 0 saturated heterocycles. The third-order valence-electron chi connectivity index (χ3n) is 2.85. The second-order valence-electron chi connectivity index (χ2n) is 4.59. The monoisotopic (exact) mass is 284 g/mol. The van der Waals surface area contributed by atoms with E-state index < -0.39 is 0 Å². The summed E-state index contributed by atoms with van der Waals surface area (Å²) in [6, 6.07) is 9.69. The lowest BCUT2D eigenvalue weighted by Crippen LogP contribution is -2.32. The Morgan fingerprint density at radius 2 is 2.00 bits per heavy atom. The number of para-hydroxylation sites is 1. The maximum absolute atomic E-state index is 11.5. The molecule has 0 aliphatic heterocycles. The first kappa shape index (κ1) is 15.8. The van der Waals surface area contributed by atoms with Crippen LogP contribution in [0.3, 0.4) is 0 Å². The zero-order chi connectivity index (χ0) is 12.6. The molecule has 1 fully saturated rings. The van der Waals surface area contributed by atoms with Crippen molar-refractivity contribution in [2.24, 2.45) is 5.92 Å². The number of nitrogens with one attached hydrogen (secondary N) is 2. The van der Waals surface area contributed by atoms with E-state index in [4.69, 9.17) is 4.74 Å². The van der Waals surface area contributed by atoms with E-state index in [1.54, 1.807) is 0 Å². The quantitative estimate of drug-likeness (QED) is 0.719. The molecule has 1 saturated carbocycles. The Morgan fingerprint density at radius 1 is 1.26 bits per heavy atom. The van der Waals surface area contributed by atoms with Gasteiger partial charge < -0.3 is 15.4 Å². The van der Waals surface area contributed by atoms with Crippen molar-refractivity contribution >= 4 is 24.0 Å². The molecule has 0 bridgehead atoms. The first-order chi connectivity index (χ1) is 8.84. The Kier molecular flexibility index (Phi) is 7.30. The molecule has 0 spiro atoms. The fourth-order valence-electron chi connectivity index (χ4n) is 1.60. The standard InChI is InChI=1S/C14H20N2O2.ClH/c17-14(10-16-13-4-2-1-3-5-13)15-8-9-18-11-12-6-7-12;/h1-5,12,16H,6-11H2,(H,15,17);1H. The van der Waals surface area contributed by atoms with E-state index in [9.17, 15) is 4.79 Å². The van der Waals surface area contributed by atoms with Crippen molar-refractivity contribution in [3.8, 4) is 0 Å². The van der Waals surface area contributed by atoms with Crippen LogP contribution >= 0.6 is 12.4 Å². The number of ether oxygens (including phenoxy) is 1. The predicted molar refractivity (Wildman–Crippen MR) is 78.7 cm³/mol. The molecular formula is C14H21ClN2O2. The Balaban J connectivity index is 0.00000180. The van der Waals surface area contributed by atoms with Crippen molar-refractivity contribution in [2.45, 2.75) is 12.8 Å². The third kappa shape index (κ3) is 7.03. The molecular weight excluding hydrogens is 264 g/mol. The Bertz CT molecular complexity index is 369. The average molecular weight is 285 g/mol. The van der Waals surface area contributed by atoms with Crippen LogP contribution in [0.4, 0.5) is 5.69 Å². The van der Waals surface area contributed by atoms with Crippen molar-refractivity contribution in [3.05, 3.63) is 30.3 Å². The summed E-state index contributed by atoms with van der Waals surface area (Å²) in [6.45, 7) is 2.33. The lowest BCUT2D eigenvalue weighted by atomic mass is 10.3. The van der Waals surface area contributed by atoms with Crippen molar-refractivity contribution < 1.29 is 9.53 Å². The van der Waals surface area contributed by atoms with Gasteiger partial charge in [0, 0.05) is 18.8 Å². The second kappa shape index (κ2) is 8.77. The molecule has 1 aromatic carbocycles.